The fourth-order valence-corrected chi connectivity index (χ4v) is 6.16. The predicted octanol–water partition coefficient (Wildman–Crippen LogP) is 4.36. The highest BCUT2D eigenvalue weighted by atomic mass is 32.2. The molecule has 2 N–H and O–H groups in total. The maximum absolute atomic E-state index is 13.3. The summed E-state index contributed by atoms with van der Waals surface area (Å²) >= 11 is 1.90. The van der Waals surface area contributed by atoms with Gasteiger partial charge < -0.3 is 10.2 Å². The minimum atomic E-state index is -3.61. The van der Waals surface area contributed by atoms with Crippen LogP contribution in [0.3, 0.4) is 0 Å². The zero-order chi connectivity index (χ0) is 26.2. The number of aromatic nitrogens is 2. The Morgan fingerprint density at radius 1 is 1.00 bits per heavy atom. The van der Waals surface area contributed by atoms with Crippen molar-refractivity contribution in [3.05, 3.63) is 83.7 Å². The Balaban J connectivity index is 1.45. The zero-order valence-corrected chi connectivity index (χ0v) is 22.2. The molecule has 0 saturated carbocycles. The summed E-state index contributed by atoms with van der Waals surface area (Å²) in [6.45, 7) is 3.47. The van der Waals surface area contributed by atoms with Crippen molar-refractivity contribution in [1.82, 2.24) is 14.7 Å². The normalized spacial score (nSPS) is 14.1. The van der Waals surface area contributed by atoms with Gasteiger partial charge in [0.2, 0.25) is 0 Å². The first-order valence-corrected chi connectivity index (χ1v) is 14.9. The molecule has 0 atom stereocenters. The minimum Gasteiger partial charge on any atom is -0.355 e. The number of fused-ring (bicyclic) bond motifs is 1. The first-order valence-electron chi connectivity index (χ1n) is 11.8. The van der Waals surface area contributed by atoms with E-state index in [-0.39, 0.29) is 10.6 Å². The lowest BCUT2D eigenvalue weighted by Crippen LogP contribution is -2.37. The molecule has 3 aromatic carbocycles. The van der Waals surface area contributed by atoms with Gasteiger partial charge in [0.15, 0.2) is 9.84 Å². The number of carbonyl (C=O) groups excluding carboxylic acids is 1. The lowest BCUT2D eigenvalue weighted by molar-refractivity contribution is 0.101. The van der Waals surface area contributed by atoms with Gasteiger partial charge in [0, 0.05) is 42.1 Å². The first kappa shape index (κ1) is 25.0. The van der Waals surface area contributed by atoms with Crippen molar-refractivity contribution in [2.24, 2.45) is 0 Å². The molecular formula is C27H27N5O3S2. The lowest BCUT2D eigenvalue weighted by Gasteiger charge is -2.28. The zero-order valence-electron chi connectivity index (χ0n) is 20.6. The molecule has 0 radical (unpaired) electrons. The van der Waals surface area contributed by atoms with Crippen LogP contribution < -0.4 is 5.32 Å². The summed E-state index contributed by atoms with van der Waals surface area (Å²) in [6.07, 6.45) is 1.15. The smallest absolute Gasteiger partial charge is 0.274 e. The summed E-state index contributed by atoms with van der Waals surface area (Å²) in [5.41, 5.74) is 2.49. The van der Waals surface area contributed by atoms with Crippen LogP contribution >= 0.6 is 11.8 Å². The number of amidine groups is 1. The van der Waals surface area contributed by atoms with Gasteiger partial charge in [-0.05, 0) is 60.2 Å². The second kappa shape index (κ2) is 10.0. The van der Waals surface area contributed by atoms with Gasteiger partial charge in [-0.2, -0.15) is 16.9 Å². The van der Waals surface area contributed by atoms with E-state index in [1.165, 1.54) is 4.68 Å². The monoisotopic (exact) mass is 533 g/mol. The van der Waals surface area contributed by atoms with Gasteiger partial charge in [0.05, 0.1) is 16.3 Å². The highest BCUT2D eigenvalue weighted by Gasteiger charge is 2.22. The van der Waals surface area contributed by atoms with Gasteiger partial charge in [-0.25, -0.2) is 13.1 Å². The second-order valence-corrected chi connectivity index (χ2v) is 12.2. The number of aryl methyl sites for hydroxylation is 1. The van der Waals surface area contributed by atoms with Crippen molar-refractivity contribution in [1.29, 1.82) is 5.41 Å². The Morgan fingerprint density at radius 2 is 1.65 bits per heavy atom. The summed E-state index contributed by atoms with van der Waals surface area (Å²) in [5.74, 6) is 2.10. The van der Waals surface area contributed by atoms with Crippen molar-refractivity contribution in [2.75, 3.05) is 36.2 Å². The molecule has 1 fully saturated rings. The third kappa shape index (κ3) is 5.26. The summed E-state index contributed by atoms with van der Waals surface area (Å²) in [5, 5.41) is 17.5. The molecule has 0 bridgehead atoms. The number of hydrogen-bond donors (Lipinski definition) is 2. The molecule has 10 heteroatoms. The molecule has 4 aromatic rings. The molecule has 1 aliphatic rings. The van der Waals surface area contributed by atoms with E-state index >= 15 is 0 Å². The molecule has 0 aliphatic carbocycles. The third-order valence-corrected chi connectivity index (χ3v) is 8.33. The van der Waals surface area contributed by atoms with E-state index in [9.17, 15) is 13.2 Å². The number of amides is 1. The summed E-state index contributed by atoms with van der Waals surface area (Å²) in [7, 11) is -3.61. The highest BCUT2D eigenvalue weighted by Crippen LogP contribution is 2.28. The van der Waals surface area contributed by atoms with Gasteiger partial charge in [-0.3, -0.25) is 10.2 Å². The molecule has 1 saturated heterocycles. The van der Waals surface area contributed by atoms with E-state index in [0.29, 0.717) is 22.9 Å². The van der Waals surface area contributed by atoms with Gasteiger partial charge in [0.25, 0.3) is 5.91 Å². The van der Waals surface area contributed by atoms with Gasteiger partial charge in [-0.1, -0.05) is 24.3 Å². The van der Waals surface area contributed by atoms with Crippen LogP contribution in [-0.2, 0) is 9.84 Å². The second-order valence-electron chi connectivity index (χ2n) is 9.00. The largest absolute Gasteiger partial charge is 0.355 e. The Labute approximate surface area is 220 Å². The topological polar surface area (TPSA) is 108 Å². The summed E-state index contributed by atoms with van der Waals surface area (Å²) in [6, 6.07) is 19.7. The number of nitrogens with zero attached hydrogens (tertiary/aromatic N) is 3. The van der Waals surface area contributed by atoms with E-state index in [2.05, 4.69) is 15.3 Å². The van der Waals surface area contributed by atoms with Gasteiger partial charge >= 0.3 is 0 Å². The fraction of sp³-hybridized carbons (Fsp3) is 0.222. The number of hydrogen-bond acceptors (Lipinski definition) is 6. The van der Waals surface area contributed by atoms with Crippen molar-refractivity contribution in [2.45, 2.75) is 11.8 Å². The first-order chi connectivity index (χ1) is 17.7. The fourth-order valence-electron chi connectivity index (χ4n) is 4.39. The number of carbonyl (C=O) groups is 1. The van der Waals surface area contributed by atoms with Crippen LogP contribution in [0.5, 0.6) is 0 Å². The Morgan fingerprint density at radius 3 is 2.30 bits per heavy atom. The molecule has 2 heterocycles. The molecule has 1 amide bonds. The average molecular weight is 534 g/mol. The van der Waals surface area contributed by atoms with E-state index < -0.39 is 15.7 Å². The Hall–Kier alpha value is -3.63. The summed E-state index contributed by atoms with van der Waals surface area (Å²) in [4.78, 5) is 15.5. The maximum atomic E-state index is 13.3. The van der Waals surface area contributed by atoms with Crippen molar-refractivity contribution >= 4 is 49.8 Å². The van der Waals surface area contributed by atoms with E-state index in [0.717, 1.165) is 47.2 Å². The Bertz CT molecular complexity index is 1610. The molecule has 1 aliphatic heterocycles. The molecule has 37 heavy (non-hydrogen) atoms. The molecular weight excluding hydrogens is 506 g/mol. The lowest BCUT2D eigenvalue weighted by atomic mass is 10.1. The minimum absolute atomic E-state index is 0.0994. The van der Waals surface area contributed by atoms with Gasteiger partial charge in [0.1, 0.15) is 11.5 Å². The highest BCUT2D eigenvalue weighted by molar-refractivity contribution is 7.99. The quantitative estimate of drug-likeness (QED) is 0.291. The molecule has 0 unspecified atom stereocenters. The number of rotatable bonds is 5. The molecule has 190 valence electrons. The number of anilines is 1. The Kier molecular flexibility index (Phi) is 6.78. The molecule has 8 nitrogen and oxygen atoms in total. The number of nitrogens with one attached hydrogen (secondary N) is 2. The van der Waals surface area contributed by atoms with Crippen LogP contribution in [0.4, 0.5) is 5.69 Å². The van der Waals surface area contributed by atoms with Crippen LogP contribution in [0.1, 0.15) is 21.7 Å². The van der Waals surface area contributed by atoms with E-state index in [4.69, 9.17) is 5.41 Å². The van der Waals surface area contributed by atoms with E-state index in [1.807, 2.05) is 48.2 Å². The van der Waals surface area contributed by atoms with Crippen LogP contribution in [-0.4, -0.2) is 65.7 Å². The van der Waals surface area contributed by atoms with Crippen LogP contribution in [0.2, 0.25) is 0 Å². The number of benzene rings is 3. The van der Waals surface area contributed by atoms with Crippen LogP contribution in [0.25, 0.3) is 16.5 Å². The summed E-state index contributed by atoms with van der Waals surface area (Å²) < 4.78 is 26.8. The predicted molar refractivity (Wildman–Crippen MR) is 149 cm³/mol. The third-order valence-electron chi connectivity index (χ3n) is 6.26. The molecule has 0 spiro atoms. The van der Waals surface area contributed by atoms with Crippen molar-refractivity contribution in [3.8, 4) is 5.69 Å². The maximum Gasteiger partial charge on any atom is 0.274 e. The molecule has 1 aromatic heterocycles. The molecule has 5 rings (SSSR count). The van der Waals surface area contributed by atoms with E-state index in [1.54, 1.807) is 37.3 Å². The van der Waals surface area contributed by atoms with Gasteiger partial charge in [-0.15, -0.1) is 0 Å². The average Bonchev–Trinajstić information content (AvgIpc) is 3.29. The van der Waals surface area contributed by atoms with Crippen LogP contribution in [0.15, 0.2) is 71.6 Å². The van der Waals surface area contributed by atoms with Crippen LogP contribution in [0, 0.1) is 12.3 Å². The number of sulfone groups is 1. The van der Waals surface area contributed by atoms with Crippen molar-refractivity contribution in [3.63, 3.8) is 0 Å². The van der Waals surface area contributed by atoms with Crippen molar-refractivity contribution < 1.29 is 13.2 Å². The number of thioether (sulfide) groups is 1. The standard InChI is InChI=1S/C27H27N5O3S2/c1-18-15-24(27(33)29-22-9-7-19(8-10-22)26(28)31-11-13-36-14-12-31)32(30-18)23-16-20-5-3-4-6-21(20)17-25(23)37(2,34)35/h3-10,15-17,28H,11-14H2,1-2H3,(H,29,33). The SMILES string of the molecule is Cc1cc(C(=O)Nc2ccc(C(=N)N3CCSCC3)cc2)n(-c2cc3ccccc3cc2S(C)(=O)=O)n1.